The summed E-state index contributed by atoms with van der Waals surface area (Å²) in [7, 11) is 2.08. The van der Waals surface area contributed by atoms with Crippen LogP contribution in [0.1, 0.15) is 32.3 Å². The summed E-state index contributed by atoms with van der Waals surface area (Å²) in [5, 5.41) is 32.5. The molecule has 4 atom stereocenters. The minimum Gasteiger partial charge on any atom is -0.479 e. The summed E-state index contributed by atoms with van der Waals surface area (Å²) in [5.41, 5.74) is 0.618. The van der Waals surface area contributed by atoms with Crippen molar-refractivity contribution >= 4 is 17.9 Å². The molecule has 28 heavy (non-hydrogen) atoms. The van der Waals surface area contributed by atoms with Gasteiger partial charge < -0.3 is 25.2 Å². The molecule has 1 saturated heterocycles. The van der Waals surface area contributed by atoms with E-state index in [1.54, 1.807) is 0 Å². The van der Waals surface area contributed by atoms with Gasteiger partial charge in [0.05, 0.1) is 6.04 Å². The Kier molecular flexibility index (Phi) is 8.55. The van der Waals surface area contributed by atoms with E-state index in [2.05, 4.69) is 31.0 Å². The van der Waals surface area contributed by atoms with E-state index >= 15 is 0 Å². The monoisotopic (exact) mass is 397 g/mol. The molecule has 0 saturated carbocycles. The Balaban J connectivity index is 0.000000336. The molecule has 1 aliphatic heterocycles. The van der Waals surface area contributed by atoms with Gasteiger partial charge in [-0.25, -0.2) is 9.59 Å². The molecule has 9 heteroatoms. The van der Waals surface area contributed by atoms with Crippen molar-refractivity contribution in [2.45, 2.75) is 50.5 Å². The SMILES string of the molecule is CCC(=O)OC1(c2ccccc2)CCN(C)C1C.O=C(O)C(O)C(O)C(=O)O. The van der Waals surface area contributed by atoms with Crippen LogP contribution in [0.3, 0.4) is 0 Å². The largest absolute Gasteiger partial charge is 0.479 e. The molecule has 0 amide bonds. The summed E-state index contributed by atoms with van der Waals surface area (Å²) < 4.78 is 5.84. The Labute approximate surface area is 163 Å². The highest BCUT2D eigenvalue weighted by molar-refractivity contribution is 5.83. The lowest BCUT2D eigenvalue weighted by Crippen LogP contribution is -2.42. The Morgan fingerprint density at radius 1 is 1.14 bits per heavy atom. The number of carboxylic acid groups (broad SMARTS) is 2. The topological polar surface area (TPSA) is 145 Å². The fourth-order valence-electron chi connectivity index (χ4n) is 2.95. The van der Waals surface area contributed by atoms with Crippen LogP contribution in [0.25, 0.3) is 0 Å². The number of ether oxygens (including phenoxy) is 1. The molecule has 1 aromatic carbocycles. The number of carbonyl (C=O) groups excluding carboxylic acids is 1. The van der Waals surface area contributed by atoms with Gasteiger partial charge in [-0.3, -0.25) is 9.69 Å². The van der Waals surface area contributed by atoms with Gasteiger partial charge >= 0.3 is 17.9 Å². The number of carboxylic acids is 2. The van der Waals surface area contributed by atoms with Gasteiger partial charge in [-0.05, 0) is 19.5 Å². The lowest BCUT2D eigenvalue weighted by Gasteiger charge is -2.35. The Morgan fingerprint density at radius 2 is 1.64 bits per heavy atom. The van der Waals surface area contributed by atoms with E-state index in [0.717, 1.165) is 18.5 Å². The predicted molar refractivity (Wildman–Crippen MR) is 98.5 cm³/mol. The zero-order chi connectivity index (χ0) is 21.5. The van der Waals surface area contributed by atoms with Gasteiger partial charge in [0.15, 0.2) is 17.8 Å². The molecule has 0 aliphatic carbocycles. The first-order chi connectivity index (χ1) is 13.1. The third-order valence-corrected chi connectivity index (χ3v) is 4.82. The van der Waals surface area contributed by atoms with E-state index in [0.29, 0.717) is 6.42 Å². The number of nitrogens with zero attached hydrogens (tertiary/aromatic N) is 1. The van der Waals surface area contributed by atoms with Crippen LogP contribution in [-0.4, -0.2) is 75.1 Å². The molecule has 1 heterocycles. The first kappa shape index (κ1) is 23.5. The van der Waals surface area contributed by atoms with Crippen LogP contribution in [-0.2, 0) is 24.7 Å². The van der Waals surface area contributed by atoms with Gasteiger partial charge in [-0.15, -0.1) is 0 Å². The molecular weight excluding hydrogens is 370 g/mol. The minimum atomic E-state index is -2.27. The van der Waals surface area contributed by atoms with Crippen LogP contribution in [0.4, 0.5) is 0 Å². The van der Waals surface area contributed by atoms with Crippen molar-refractivity contribution in [2.24, 2.45) is 0 Å². The van der Waals surface area contributed by atoms with Crippen LogP contribution in [0, 0.1) is 0 Å². The van der Waals surface area contributed by atoms with Gasteiger partial charge in [0.1, 0.15) is 0 Å². The van der Waals surface area contributed by atoms with Gasteiger partial charge in [-0.1, -0.05) is 37.3 Å². The number of aliphatic carboxylic acids is 2. The number of carbonyl (C=O) groups is 3. The fraction of sp³-hybridized carbons (Fsp3) is 0.526. The molecule has 9 nitrogen and oxygen atoms in total. The molecule has 1 aromatic rings. The van der Waals surface area contributed by atoms with Crippen LogP contribution in [0.5, 0.6) is 0 Å². The van der Waals surface area contributed by atoms with Crippen molar-refractivity contribution in [3.8, 4) is 0 Å². The van der Waals surface area contributed by atoms with Gasteiger partial charge in [0, 0.05) is 19.4 Å². The zero-order valence-electron chi connectivity index (χ0n) is 16.1. The summed E-state index contributed by atoms with van der Waals surface area (Å²) in [6.07, 6.45) is -3.25. The molecule has 0 radical (unpaired) electrons. The minimum absolute atomic E-state index is 0.124. The van der Waals surface area contributed by atoms with Gasteiger partial charge in [0.25, 0.3) is 0 Å². The molecule has 0 spiro atoms. The highest BCUT2D eigenvalue weighted by atomic mass is 16.6. The Hall–Kier alpha value is -2.49. The van der Waals surface area contributed by atoms with E-state index in [-0.39, 0.29) is 12.0 Å². The summed E-state index contributed by atoms with van der Waals surface area (Å²) in [4.78, 5) is 33.5. The summed E-state index contributed by atoms with van der Waals surface area (Å²) in [6, 6.07) is 10.3. The maximum Gasteiger partial charge on any atom is 0.335 e. The van der Waals surface area contributed by atoms with E-state index in [4.69, 9.17) is 25.2 Å². The first-order valence-electron chi connectivity index (χ1n) is 8.86. The average Bonchev–Trinajstić information content (AvgIpc) is 2.97. The van der Waals surface area contributed by atoms with E-state index < -0.39 is 29.7 Å². The van der Waals surface area contributed by atoms with Crippen LogP contribution in [0.15, 0.2) is 30.3 Å². The quantitative estimate of drug-likeness (QED) is 0.502. The molecule has 4 N–H and O–H groups in total. The average molecular weight is 397 g/mol. The van der Waals surface area contributed by atoms with Crippen molar-refractivity contribution < 1.29 is 39.5 Å². The molecule has 1 aliphatic rings. The van der Waals surface area contributed by atoms with E-state index in [1.165, 1.54) is 0 Å². The summed E-state index contributed by atoms with van der Waals surface area (Å²) in [6.45, 7) is 4.92. The molecular formula is C19H27NO8. The number of benzene rings is 1. The van der Waals surface area contributed by atoms with E-state index in [1.807, 2.05) is 25.1 Å². The molecule has 156 valence electrons. The van der Waals surface area contributed by atoms with Crippen molar-refractivity contribution in [3.63, 3.8) is 0 Å². The third kappa shape index (κ3) is 5.51. The predicted octanol–water partition coefficient (Wildman–Crippen LogP) is 0.436. The lowest BCUT2D eigenvalue weighted by molar-refractivity contribution is -0.165. The number of aliphatic hydroxyl groups is 2. The molecule has 4 unspecified atom stereocenters. The number of rotatable bonds is 6. The number of hydrogen-bond donors (Lipinski definition) is 4. The molecule has 2 rings (SSSR count). The number of hydrogen-bond acceptors (Lipinski definition) is 7. The molecule has 0 bridgehead atoms. The first-order valence-corrected chi connectivity index (χ1v) is 8.86. The van der Waals surface area contributed by atoms with Gasteiger partial charge in [0.2, 0.25) is 0 Å². The highest BCUT2D eigenvalue weighted by Gasteiger charge is 2.47. The smallest absolute Gasteiger partial charge is 0.335 e. The van der Waals surface area contributed by atoms with Crippen LogP contribution >= 0.6 is 0 Å². The normalized spacial score (nSPS) is 23.8. The Morgan fingerprint density at radius 3 is 2.00 bits per heavy atom. The van der Waals surface area contributed by atoms with Crippen LogP contribution in [0.2, 0.25) is 0 Å². The number of likely N-dealkylation sites (N-methyl/N-ethyl adjacent to an activating group) is 1. The zero-order valence-corrected chi connectivity index (χ0v) is 16.1. The second-order valence-electron chi connectivity index (χ2n) is 6.56. The third-order valence-electron chi connectivity index (χ3n) is 4.82. The number of aliphatic hydroxyl groups excluding tert-OH is 2. The summed E-state index contributed by atoms with van der Waals surface area (Å²) in [5.74, 6) is -3.66. The second-order valence-corrected chi connectivity index (χ2v) is 6.56. The number of esters is 1. The second kappa shape index (κ2) is 10.2. The van der Waals surface area contributed by atoms with Crippen molar-refractivity contribution in [1.29, 1.82) is 0 Å². The van der Waals surface area contributed by atoms with Crippen molar-refractivity contribution in [2.75, 3.05) is 13.6 Å². The van der Waals surface area contributed by atoms with Crippen molar-refractivity contribution in [3.05, 3.63) is 35.9 Å². The summed E-state index contributed by atoms with van der Waals surface area (Å²) >= 11 is 0. The fourth-order valence-corrected chi connectivity index (χ4v) is 2.95. The lowest BCUT2D eigenvalue weighted by atomic mass is 9.87. The number of likely N-dealkylation sites (tertiary alicyclic amines) is 1. The van der Waals surface area contributed by atoms with Crippen molar-refractivity contribution in [1.82, 2.24) is 4.90 Å². The van der Waals surface area contributed by atoms with Gasteiger partial charge in [-0.2, -0.15) is 0 Å². The maximum absolute atomic E-state index is 11.8. The maximum atomic E-state index is 11.8. The van der Waals surface area contributed by atoms with E-state index in [9.17, 15) is 14.4 Å². The molecule has 0 aromatic heterocycles. The Bertz CT molecular complexity index is 662. The highest BCUT2D eigenvalue weighted by Crippen LogP contribution is 2.40. The van der Waals surface area contributed by atoms with Crippen LogP contribution < -0.4 is 0 Å². The standard InChI is InChI=1S/C15H21NO2.C4H6O6/c1-4-14(17)18-15(10-11-16(3)12(15)2)13-8-6-5-7-9-13;5-1(3(7)8)2(6)4(9)10/h5-9,12H,4,10-11H2,1-3H3;1-2,5-6H,(H,7,8)(H,9,10). The molecule has 1 fully saturated rings.